The largest absolute Gasteiger partial charge is 0.472 e. The van der Waals surface area contributed by atoms with Crippen LogP contribution in [0.5, 0.6) is 0 Å². The van der Waals surface area contributed by atoms with E-state index in [9.17, 15) is 19.4 Å². The van der Waals surface area contributed by atoms with Crippen molar-refractivity contribution in [1.82, 2.24) is 5.32 Å². The van der Waals surface area contributed by atoms with Crippen molar-refractivity contribution in [3.8, 4) is 0 Å². The van der Waals surface area contributed by atoms with Crippen molar-refractivity contribution in [2.75, 3.05) is 40.9 Å². The molecule has 8 nitrogen and oxygen atoms in total. The Bertz CT molecular complexity index is 778. The summed E-state index contributed by atoms with van der Waals surface area (Å²) < 4.78 is 23.3. The highest BCUT2D eigenvalue weighted by atomic mass is 31.2. The number of amides is 1. The Hall–Kier alpha value is -0.500. The third-order valence-electron chi connectivity index (χ3n) is 9.61. The molecule has 0 heterocycles. The Labute approximate surface area is 304 Å². The zero-order valence-electron chi connectivity index (χ0n) is 33.2. The predicted octanol–water partition coefficient (Wildman–Crippen LogP) is 11.0. The van der Waals surface area contributed by atoms with E-state index in [0.29, 0.717) is 23.9 Å². The lowest BCUT2D eigenvalue weighted by atomic mass is 10.0. The van der Waals surface area contributed by atoms with Gasteiger partial charge in [0, 0.05) is 6.42 Å². The molecule has 0 bridgehead atoms. The summed E-state index contributed by atoms with van der Waals surface area (Å²) in [6, 6.07) is -0.749. The number of phosphoric acid groups is 1. The van der Waals surface area contributed by atoms with Crippen molar-refractivity contribution >= 4 is 13.7 Å². The van der Waals surface area contributed by atoms with Crippen LogP contribution < -0.4 is 5.32 Å². The van der Waals surface area contributed by atoms with E-state index in [1.165, 1.54) is 128 Å². The molecule has 0 saturated carbocycles. The summed E-state index contributed by atoms with van der Waals surface area (Å²) in [6.07, 6.45) is 34.8. The average molecular weight is 720 g/mol. The first-order valence-electron chi connectivity index (χ1n) is 20.9. The number of carbonyl (C=O) groups excluding carboxylic acids is 1. The van der Waals surface area contributed by atoms with Crippen molar-refractivity contribution in [3.63, 3.8) is 0 Å². The number of phosphoric ester groups is 1. The summed E-state index contributed by atoms with van der Waals surface area (Å²) in [5.41, 5.74) is 0. The van der Waals surface area contributed by atoms with Crippen molar-refractivity contribution in [1.29, 1.82) is 0 Å². The molecule has 294 valence electrons. The second-order valence-electron chi connectivity index (χ2n) is 15.7. The third kappa shape index (κ3) is 35.7. The van der Waals surface area contributed by atoms with Crippen LogP contribution in [0.25, 0.3) is 0 Å². The minimum absolute atomic E-state index is 0.0768. The number of hydrogen-bond acceptors (Lipinski definition) is 5. The normalized spacial score (nSPS) is 14.5. The monoisotopic (exact) mass is 720 g/mol. The van der Waals surface area contributed by atoms with Gasteiger partial charge in [0.2, 0.25) is 5.91 Å². The van der Waals surface area contributed by atoms with Gasteiger partial charge in [-0.25, -0.2) is 4.57 Å². The van der Waals surface area contributed by atoms with Crippen LogP contribution in [0, 0.1) is 0 Å². The Morgan fingerprint density at radius 1 is 0.612 bits per heavy atom. The summed E-state index contributed by atoms with van der Waals surface area (Å²) in [5.74, 6) is -0.150. The van der Waals surface area contributed by atoms with Crippen LogP contribution in [-0.2, 0) is 18.4 Å². The molecule has 0 fully saturated rings. The molecule has 0 aromatic carbocycles. The highest BCUT2D eigenvalue weighted by Crippen LogP contribution is 2.43. The molecule has 0 aromatic heterocycles. The highest BCUT2D eigenvalue weighted by molar-refractivity contribution is 7.47. The molecule has 3 N–H and O–H groups in total. The third-order valence-corrected chi connectivity index (χ3v) is 10.6. The van der Waals surface area contributed by atoms with Crippen molar-refractivity contribution in [2.24, 2.45) is 0 Å². The average Bonchev–Trinajstić information content (AvgIpc) is 3.04. The van der Waals surface area contributed by atoms with Gasteiger partial charge in [-0.15, -0.1) is 0 Å². The number of nitrogens with zero attached hydrogens (tertiary/aromatic N) is 1. The molecule has 0 aliphatic carbocycles. The smallest absolute Gasteiger partial charge is 0.391 e. The van der Waals surface area contributed by atoms with E-state index in [1.54, 1.807) is 0 Å². The van der Waals surface area contributed by atoms with Gasteiger partial charge in [-0.05, 0) is 12.8 Å². The summed E-state index contributed by atoms with van der Waals surface area (Å²) in [7, 11) is 1.62. The lowest BCUT2D eigenvalue weighted by molar-refractivity contribution is -0.870. The molecule has 0 rings (SSSR count). The van der Waals surface area contributed by atoms with E-state index in [1.807, 2.05) is 21.1 Å². The second kappa shape index (κ2) is 33.3. The molecule has 0 aromatic rings. The summed E-state index contributed by atoms with van der Waals surface area (Å²) >= 11 is 0. The standard InChI is InChI=1S/C40H83N2O6P/c1-6-8-10-12-13-14-15-16-17-18-19-20-21-22-23-24-25-26-27-28-29-30-32-34-40(44)41-38(39(43)33-31-11-9-7-2)37-48-49(45,46)47-36-35-42(3,4)5/h38-39,43H,6-37H2,1-5H3,(H-,41,44,45,46)/p+1. The number of aliphatic hydroxyl groups is 1. The maximum absolute atomic E-state index is 12.7. The first-order valence-corrected chi connectivity index (χ1v) is 22.4. The second-order valence-corrected chi connectivity index (χ2v) is 17.2. The van der Waals surface area contributed by atoms with E-state index < -0.39 is 20.0 Å². The summed E-state index contributed by atoms with van der Waals surface area (Å²) in [5, 5.41) is 13.7. The molecule has 0 saturated heterocycles. The SMILES string of the molecule is CCCCCCCCCCCCCCCCCCCCCCCCCC(=O)NC(COP(=O)(O)OCC[N+](C)(C)C)C(O)CCCCCC. The highest BCUT2D eigenvalue weighted by Gasteiger charge is 2.28. The minimum Gasteiger partial charge on any atom is -0.391 e. The van der Waals surface area contributed by atoms with Crippen LogP contribution in [0.3, 0.4) is 0 Å². The Kier molecular flexibility index (Phi) is 33.0. The minimum atomic E-state index is -4.29. The molecule has 3 unspecified atom stereocenters. The summed E-state index contributed by atoms with van der Waals surface area (Å²) in [4.78, 5) is 22.8. The molecule has 0 aliphatic rings. The Balaban J connectivity index is 3.93. The molecule has 49 heavy (non-hydrogen) atoms. The van der Waals surface area contributed by atoms with Gasteiger partial charge in [-0.2, -0.15) is 0 Å². The van der Waals surface area contributed by atoms with Gasteiger partial charge < -0.3 is 19.8 Å². The number of likely N-dealkylation sites (N-methyl/N-ethyl adjacent to an activating group) is 1. The molecule has 0 radical (unpaired) electrons. The lowest BCUT2D eigenvalue weighted by Gasteiger charge is -2.26. The number of carbonyl (C=O) groups is 1. The Morgan fingerprint density at radius 3 is 1.37 bits per heavy atom. The molecule has 0 aliphatic heterocycles. The number of aliphatic hydroxyl groups excluding tert-OH is 1. The fraction of sp³-hybridized carbons (Fsp3) is 0.975. The fourth-order valence-electron chi connectivity index (χ4n) is 6.22. The lowest BCUT2D eigenvalue weighted by Crippen LogP contribution is -2.46. The topological polar surface area (TPSA) is 105 Å². The van der Waals surface area contributed by atoms with Crippen molar-refractivity contribution in [3.05, 3.63) is 0 Å². The number of unbranched alkanes of at least 4 members (excludes halogenated alkanes) is 25. The van der Waals surface area contributed by atoms with Crippen LogP contribution >= 0.6 is 7.82 Å². The number of nitrogens with one attached hydrogen (secondary N) is 1. The zero-order valence-corrected chi connectivity index (χ0v) is 34.1. The number of rotatable bonds is 38. The molecule has 1 amide bonds. The van der Waals surface area contributed by atoms with Crippen molar-refractivity contribution < 1.29 is 32.9 Å². The maximum Gasteiger partial charge on any atom is 0.472 e. The van der Waals surface area contributed by atoms with Crippen LogP contribution in [0.15, 0.2) is 0 Å². The van der Waals surface area contributed by atoms with Gasteiger partial charge in [0.05, 0.1) is 39.9 Å². The van der Waals surface area contributed by atoms with Gasteiger partial charge in [0.25, 0.3) is 0 Å². The van der Waals surface area contributed by atoms with E-state index in [2.05, 4.69) is 19.2 Å². The van der Waals surface area contributed by atoms with Crippen LogP contribution in [0.1, 0.15) is 200 Å². The quantitative estimate of drug-likeness (QED) is 0.0333. The van der Waals surface area contributed by atoms with Gasteiger partial charge >= 0.3 is 7.82 Å². The predicted molar refractivity (Wildman–Crippen MR) is 208 cm³/mol. The van der Waals surface area contributed by atoms with Crippen LogP contribution in [0.4, 0.5) is 0 Å². The van der Waals surface area contributed by atoms with Gasteiger partial charge in [0.15, 0.2) is 0 Å². The van der Waals surface area contributed by atoms with Gasteiger partial charge in [-0.3, -0.25) is 13.8 Å². The number of quaternary nitrogens is 1. The van der Waals surface area contributed by atoms with Gasteiger partial charge in [-0.1, -0.05) is 181 Å². The van der Waals surface area contributed by atoms with Crippen LogP contribution in [0.2, 0.25) is 0 Å². The molecular weight excluding hydrogens is 635 g/mol. The first kappa shape index (κ1) is 48.5. The molecule has 3 atom stereocenters. The van der Waals surface area contributed by atoms with E-state index in [-0.39, 0.29) is 19.1 Å². The molecular formula is C40H84N2O6P+. The van der Waals surface area contributed by atoms with Crippen molar-refractivity contribution in [2.45, 2.75) is 212 Å². The van der Waals surface area contributed by atoms with E-state index in [4.69, 9.17) is 9.05 Å². The van der Waals surface area contributed by atoms with E-state index in [0.717, 1.165) is 44.9 Å². The van der Waals surface area contributed by atoms with Crippen LogP contribution in [-0.4, -0.2) is 73.4 Å². The zero-order chi connectivity index (χ0) is 36.5. The number of hydrogen-bond donors (Lipinski definition) is 3. The van der Waals surface area contributed by atoms with Gasteiger partial charge in [0.1, 0.15) is 13.2 Å². The van der Waals surface area contributed by atoms with E-state index >= 15 is 0 Å². The summed E-state index contributed by atoms with van der Waals surface area (Å²) in [6.45, 7) is 4.78. The maximum atomic E-state index is 12.7. The fourth-order valence-corrected chi connectivity index (χ4v) is 6.96. The molecule has 9 heteroatoms. The Morgan fingerprint density at radius 2 is 0.980 bits per heavy atom. The first-order chi connectivity index (χ1) is 23.5. The molecule has 0 spiro atoms.